The molecule has 0 aliphatic carbocycles. The molecule has 0 spiro atoms. The fourth-order valence-electron chi connectivity index (χ4n) is 4.38. The number of pyridine rings is 1. The Morgan fingerprint density at radius 3 is 2.28 bits per heavy atom. The van der Waals surface area contributed by atoms with Crippen LogP contribution < -0.4 is 15.4 Å². The second-order valence-electron chi connectivity index (χ2n) is 8.88. The highest BCUT2D eigenvalue weighted by atomic mass is 16.5. The third-order valence-electron chi connectivity index (χ3n) is 6.35. The predicted molar refractivity (Wildman–Crippen MR) is 154 cm³/mol. The van der Waals surface area contributed by atoms with E-state index < -0.39 is 0 Å². The van der Waals surface area contributed by atoms with E-state index in [0.717, 1.165) is 44.5 Å². The van der Waals surface area contributed by atoms with Gasteiger partial charge in [0.2, 0.25) is 11.8 Å². The van der Waals surface area contributed by atoms with E-state index in [2.05, 4.69) is 67.0 Å². The molecule has 0 aliphatic heterocycles. The average Bonchev–Trinajstić information content (AvgIpc) is 2.99. The van der Waals surface area contributed by atoms with Crippen molar-refractivity contribution in [1.82, 2.24) is 25.1 Å². The zero-order chi connectivity index (χ0) is 26.6. The average molecular weight is 512 g/mol. The number of benzene rings is 3. The highest BCUT2D eigenvalue weighted by molar-refractivity contribution is 6.01. The Hall–Kier alpha value is -5.37. The number of aromatic nitrogens is 5. The van der Waals surface area contributed by atoms with Gasteiger partial charge in [-0.2, -0.15) is 0 Å². The van der Waals surface area contributed by atoms with Crippen molar-refractivity contribution in [2.75, 3.05) is 17.7 Å². The normalized spacial score (nSPS) is 10.8. The summed E-state index contributed by atoms with van der Waals surface area (Å²) in [7, 11) is 1.78. The first kappa shape index (κ1) is 24.0. The van der Waals surface area contributed by atoms with Crippen molar-refractivity contribution in [2.45, 2.75) is 6.92 Å². The Bertz CT molecular complexity index is 1770. The summed E-state index contributed by atoms with van der Waals surface area (Å²) in [6.07, 6.45) is 3.39. The summed E-state index contributed by atoms with van der Waals surface area (Å²) in [5.41, 5.74) is 5.46. The molecule has 0 amide bonds. The van der Waals surface area contributed by atoms with Gasteiger partial charge in [-0.25, -0.2) is 15.0 Å². The lowest BCUT2D eigenvalue weighted by Gasteiger charge is -2.13. The molecule has 0 atom stereocenters. The van der Waals surface area contributed by atoms with Crippen molar-refractivity contribution >= 4 is 28.2 Å². The minimum Gasteiger partial charge on any atom is -0.438 e. The van der Waals surface area contributed by atoms with Crippen molar-refractivity contribution in [3.8, 4) is 34.1 Å². The lowest BCUT2D eigenvalue weighted by atomic mass is 10.0. The molecule has 6 aromatic rings. The van der Waals surface area contributed by atoms with Crippen LogP contribution in [0.5, 0.6) is 11.6 Å². The minimum atomic E-state index is 0.461. The van der Waals surface area contributed by atoms with Gasteiger partial charge in [-0.1, -0.05) is 48.5 Å². The first-order valence-electron chi connectivity index (χ1n) is 12.5. The maximum absolute atomic E-state index is 6.14. The number of nitrogens with one attached hydrogen (secondary N) is 2. The molecular weight excluding hydrogens is 486 g/mol. The lowest BCUT2D eigenvalue weighted by molar-refractivity contribution is 0.465. The molecule has 0 saturated heterocycles. The van der Waals surface area contributed by atoms with Crippen LogP contribution in [0.4, 0.5) is 17.5 Å². The summed E-state index contributed by atoms with van der Waals surface area (Å²) in [6.45, 7) is 2.09. The number of aryl methyl sites for hydroxylation is 1. The number of hydrogen-bond acceptors (Lipinski definition) is 8. The number of fused-ring (bicyclic) bond motifs is 1. The van der Waals surface area contributed by atoms with E-state index in [1.165, 1.54) is 0 Å². The van der Waals surface area contributed by atoms with E-state index in [1.54, 1.807) is 19.4 Å². The largest absolute Gasteiger partial charge is 0.438 e. The number of anilines is 3. The molecule has 190 valence electrons. The SMILES string of the molecule is CNc1nccc(-c2cccnc2Oc2ccc(Nc3nnc(-c4ccccc4C)c4ccccc34)cc2)n1. The number of rotatable bonds is 7. The lowest BCUT2D eigenvalue weighted by Crippen LogP contribution is -2.00. The van der Waals surface area contributed by atoms with Gasteiger partial charge in [0.15, 0.2) is 5.82 Å². The van der Waals surface area contributed by atoms with Gasteiger partial charge < -0.3 is 15.4 Å². The maximum Gasteiger partial charge on any atom is 0.228 e. The zero-order valence-corrected chi connectivity index (χ0v) is 21.5. The zero-order valence-electron chi connectivity index (χ0n) is 21.5. The molecule has 2 N–H and O–H groups in total. The molecule has 39 heavy (non-hydrogen) atoms. The molecule has 0 unspecified atom stereocenters. The Labute approximate surface area is 225 Å². The van der Waals surface area contributed by atoms with Crippen LogP contribution in [-0.4, -0.2) is 32.2 Å². The number of nitrogens with zero attached hydrogens (tertiary/aromatic N) is 5. The maximum atomic E-state index is 6.14. The van der Waals surface area contributed by atoms with Gasteiger partial charge in [0.1, 0.15) is 11.4 Å². The van der Waals surface area contributed by atoms with Gasteiger partial charge in [0.25, 0.3) is 0 Å². The molecule has 8 nitrogen and oxygen atoms in total. The predicted octanol–water partition coefficient (Wildman–Crippen LogP) is 7.03. The van der Waals surface area contributed by atoms with Crippen LogP contribution in [0.3, 0.4) is 0 Å². The molecular formula is C31H25N7O. The molecule has 6 rings (SSSR count). The standard InChI is InChI=1S/C31H25N7O/c1-20-8-3-4-9-23(20)28-24-10-5-6-11-25(24)29(38-37-28)35-21-13-15-22(16-14-21)39-30-26(12-7-18-33-30)27-17-19-34-31(32-2)36-27/h3-19H,1-2H3,(H,35,38)(H,32,34,36). The van der Waals surface area contributed by atoms with E-state index in [1.807, 2.05) is 66.7 Å². The third-order valence-corrected chi connectivity index (χ3v) is 6.35. The molecule has 3 aromatic heterocycles. The van der Waals surface area contributed by atoms with Gasteiger partial charge in [-0.15, -0.1) is 10.2 Å². The first-order valence-corrected chi connectivity index (χ1v) is 12.5. The summed E-state index contributed by atoms with van der Waals surface area (Å²) in [6, 6.07) is 29.6. The quantitative estimate of drug-likeness (QED) is 0.236. The summed E-state index contributed by atoms with van der Waals surface area (Å²) in [4.78, 5) is 13.1. The highest BCUT2D eigenvalue weighted by Gasteiger charge is 2.14. The second-order valence-corrected chi connectivity index (χ2v) is 8.88. The van der Waals surface area contributed by atoms with Gasteiger partial charge >= 0.3 is 0 Å². The van der Waals surface area contributed by atoms with E-state index in [9.17, 15) is 0 Å². The summed E-state index contributed by atoms with van der Waals surface area (Å²) in [5.74, 6) is 2.32. The molecule has 0 radical (unpaired) electrons. The van der Waals surface area contributed by atoms with Gasteiger partial charge in [-0.05, 0) is 55.0 Å². The fourth-order valence-corrected chi connectivity index (χ4v) is 4.38. The van der Waals surface area contributed by atoms with E-state index in [0.29, 0.717) is 23.4 Å². The van der Waals surface area contributed by atoms with Crippen LogP contribution in [0.2, 0.25) is 0 Å². The van der Waals surface area contributed by atoms with Crippen LogP contribution >= 0.6 is 0 Å². The summed E-state index contributed by atoms with van der Waals surface area (Å²) < 4.78 is 6.14. The molecule has 0 aliphatic rings. The third kappa shape index (κ3) is 4.95. The monoisotopic (exact) mass is 511 g/mol. The molecule has 8 heteroatoms. The Kier molecular flexibility index (Phi) is 6.49. The van der Waals surface area contributed by atoms with Crippen LogP contribution in [0, 0.1) is 6.92 Å². The second kappa shape index (κ2) is 10.5. The van der Waals surface area contributed by atoms with E-state index in [-0.39, 0.29) is 0 Å². The molecule has 0 fully saturated rings. The van der Waals surface area contributed by atoms with Crippen LogP contribution in [0.25, 0.3) is 33.3 Å². The van der Waals surface area contributed by atoms with Crippen LogP contribution in [0.15, 0.2) is 103 Å². The van der Waals surface area contributed by atoms with Crippen LogP contribution in [0.1, 0.15) is 5.56 Å². The van der Waals surface area contributed by atoms with E-state index >= 15 is 0 Å². The van der Waals surface area contributed by atoms with E-state index in [4.69, 9.17) is 4.74 Å². The Morgan fingerprint density at radius 1 is 0.692 bits per heavy atom. The van der Waals surface area contributed by atoms with Gasteiger partial charge in [0, 0.05) is 41.5 Å². The minimum absolute atomic E-state index is 0.461. The molecule has 3 heterocycles. The van der Waals surface area contributed by atoms with Gasteiger partial charge in [-0.3, -0.25) is 0 Å². The highest BCUT2D eigenvalue weighted by Crippen LogP contribution is 2.34. The van der Waals surface area contributed by atoms with Crippen LogP contribution in [-0.2, 0) is 0 Å². The molecule has 3 aromatic carbocycles. The Morgan fingerprint density at radius 2 is 1.46 bits per heavy atom. The smallest absolute Gasteiger partial charge is 0.228 e. The molecule has 0 bridgehead atoms. The van der Waals surface area contributed by atoms with Crippen molar-refractivity contribution in [3.05, 3.63) is 109 Å². The number of hydrogen-bond donors (Lipinski definition) is 2. The van der Waals surface area contributed by atoms with Crippen molar-refractivity contribution in [2.24, 2.45) is 0 Å². The number of ether oxygens (including phenoxy) is 1. The van der Waals surface area contributed by atoms with Gasteiger partial charge in [0.05, 0.1) is 11.3 Å². The first-order chi connectivity index (χ1) is 19.2. The Balaban J connectivity index is 1.26. The topological polar surface area (TPSA) is 97.7 Å². The van der Waals surface area contributed by atoms with Crippen molar-refractivity contribution < 1.29 is 4.74 Å². The summed E-state index contributed by atoms with van der Waals surface area (Å²) in [5, 5.41) is 17.6. The fraction of sp³-hybridized carbons (Fsp3) is 0.0645. The van der Waals surface area contributed by atoms with Crippen molar-refractivity contribution in [3.63, 3.8) is 0 Å². The molecule has 0 saturated carbocycles. The van der Waals surface area contributed by atoms with Crippen molar-refractivity contribution in [1.29, 1.82) is 0 Å². The summed E-state index contributed by atoms with van der Waals surface area (Å²) >= 11 is 0.